The molecule has 5 heteroatoms. The van der Waals surface area contributed by atoms with Gasteiger partial charge in [-0.25, -0.2) is 0 Å². The first-order valence-corrected chi connectivity index (χ1v) is 7.33. The van der Waals surface area contributed by atoms with Crippen LogP contribution in [0.1, 0.15) is 16.1 Å². The summed E-state index contributed by atoms with van der Waals surface area (Å²) in [5.74, 6) is 0.443. The second-order valence-electron chi connectivity index (χ2n) is 4.44. The molecular formula is C16H10BrClO3. The van der Waals surface area contributed by atoms with E-state index in [4.69, 9.17) is 20.8 Å². The smallest absolute Gasteiger partial charge is 0.231 e. The average Bonchev–Trinajstić information content (AvgIpc) is 2.92. The third-order valence-electron chi connectivity index (χ3n) is 3.13. The van der Waals surface area contributed by atoms with Crippen molar-refractivity contribution in [2.45, 2.75) is 0 Å². The van der Waals surface area contributed by atoms with Crippen molar-refractivity contribution < 1.29 is 13.9 Å². The standard InChI is InChI=1S/C16H10BrClO3/c1-20-13-6-5-10(18)8-11(13)15(19)14-7-9-3-2-4-12(17)16(9)21-14/h2-8H,1H3. The van der Waals surface area contributed by atoms with E-state index in [-0.39, 0.29) is 11.5 Å². The number of benzene rings is 2. The largest absolute Gasteiger partial charge is 0.496 e. The van der Waals surface area contributed by atoms with Gasteiger partial charge in [0.2, 0.25) is 5.78 Å². The van der Waals surface area contributed by atoms with Crippen LogP contribution in [-0.2, 0) is 0 Å². The van der Waals surface area contributed by atoms with E-state index in [0.29, 0.717) is 21.9 Å². The van der Waals surface area contributed by atoms with E-state index in [1.807, 2.05) is 18.2 Å². The van der Waals surface area contributed by atoms with Gasteiger partial charge in [0, 0.05) is 10.4 Å². The molecule has 1 aromatic heterocycles. The summed E-state index contributed by atoms with van der Waals surface area (Å²) in [6.07, 6.45) is 0. The summed E-state index contributed by atoms with van der Waals surface area (Å²) in [5, 5.41) is 1.32. The Labute approximate surface area is 134 Å². The third-order valence-corrected chi connectivity index (χ3v) is 3.99. The van der Waals surface area contributed by atoms with Gasteiger partial charge < -0.3 is 9.15 Å². The molecule has 0 radical (unpaired) electrons. The second-order valence-corrected chi connectivity index (χ2v) is 5.73. The van der Waals surface area contributed by atoms with Gasteiger partial charge in [-0.05, 0) is 46.3 Å². The topological polar surface area (TPSA) is 39.4 Å². The number of hydrogen-bond acceptors (Lipinski definition) is 3. The van der Waals surface area contributed by atoms with Crippen LogP contribution in [0.4, 0.5) is 0 Å². The molecule has 0 saturated carbocycles. The number of carbonyl (C=O) groups is 1. The summed E-state index contributed by atoms with van der Waals surface area (Å²) in [4.78, 5) is 12.6. The lowest BCUT2D eigenvalue weighted by molar-refractivity contribution is 0.101. The van der Waals surface area contributed by atoms with Crippen molar-refractivity contribution >= 4 is 44.3 Å². The molecule has 106 valence electrons. The van der Waals surface area contributed by atoms with Crippen LogP contribution in [0.25, 0.3) is 11.0 Å². The molecule has 0 fully saturated rings. The third kappa shape index (κ3) is 2.57. The van der Waals surface area contributed by atoms with Crippen molar-refractivity contribution in [1.29, 1.82) is 0 Å². The number of methoxy groups -OCH3 is 1. The van der Waals surface area contributed by atoms with Gasteiger partial charge in [0.05, 0.1) is 17.1 Å². The predicted octanol–water partition coefficient (Wildman–Crippen LogP) is 5.09. The summed E-state index contributed by atoms with van der Waals surface area (Å²) < 4.78 is 11.7. The Kier molecular flexibility index (Phi) is 3.74. The van der Waals surface area contributed by atoms with Crippen molar-refractivity contribution in [3.63, 3.8) is 0 Å². The molecule has 21 heavy (non-hydrogen) atoms. The number of halogens is 2. The van der Waals surface area contributed by atoms with Crippen LogP contribution < -0.4 is 4.74 Å². The lowest BCUT2D eigenvalue weighted by Crippen LogP contribution is -2.02. The molecule has 0 N–H and O–H groups in total. The molecule has 0 aliphatic rings. The van der Waals surface area contributed by atoms with Crippen molar-refractivity contribution in [3.8, 4) is 5.75 Å². The number of rotatable bonds is 3. The lowest BCUT2D eigenvalue weighted by Gasteiger charge is -2.06. The van der Waals surface area contributed by atoms with Gasteiger partial charge in [0.1, 0.15) is 11.3 Å². The highest BCUT2D eigenvalue weighted by Crippen LogP contribution is 2.30. The van der Waals surface area contributed by atoms with Gasteiger partial charge >= 0.3 is 0 Å². The molecule has 0 aliphatic heterocycles. The van der Waals surface area contributed by atoms with Crippen LogP contribution in [0.2, 0.25) is 5.02 Å². The maximum atomic E-state index is 12.6. The van der Waals surface area contributed by atoms with Gasteiger partial charge in [0.25, 0.3) is 0 Å². The highest BCUT2D eigenvalue weighted by molar-refractivity contribution is 9.10. The monoisotopic (exact) mass is 364 g/mol. The van der Waals surface area contributed by atoms with Crippen LogP contribution >= 0.6 is 27.5 Å². The summed E-state index contributed by atoms with van der Waals surface area (Å²) >= 11 is 9.37. The number of fused-ring (bicyclic) bond motifs is 1. The Morgan fingerprint density at radius 1 is 1.24 bits per heavy atom. The van der Waals surface area contributed by atoms with Crippen LogP contribution in [0.15, 0.2) is 51.4 Å². The fraction of sp³-hybridized carbons (Fsp3) is 0.0625. The number of hydrogen-bond donors (Lipinski definition) is 0. The molecule has 3 aromatic rings. The Balaban J connectivity index is 2.12. The molecule has 0 unspecified atom stereocenters. The maximum Gasteiger partial charge on any atom is 0.231 e. The second kappa shape index (κ2) is 5.54. The molecule has 1 heterocycles. The van der Waals surface area contributed by atoms with Gasteiger partial charge in [-0.3, -0.25) is 4.79 Å². The van der Waals surface area contributed by atoms with E-state index in [0.717, 1.165) is 9.86 Å². The van der Waals surface area contributed by atoms with Gasteiger partial charge in [-0.2, -0.15) is 0 Å². The highest BCUT2D eigenvalue weighted by atomic mass is 79.9. The minimum absolute atomic E-state index is 0.248. The Morgan fingerprint density at radius 3 is 2.76 bits per heavy atom. The lowest BCUT2D eigenvalue weighted by atomic mass is 10.1. The molecule has 3 nitrogen and oxygen atoms in total. The van der Waals surface area contributed by atoms with Crippen molar-refractivity contribution in [2.75, 3.05) is 7.11 Å². The number of para-hydroxylation sites is 1. The fourth-order valence-corrected chi connectivity index (χ4v) is 2.76. The number of ether oxygens (including phenoxy) is 1. The van der Waals surface area contributed by atoms with E-state index in [9.17, 15) is 4.79 Å². The fourth-order valence-electron chi connectivity index (χ4n) is 2.13. The van der Waals surface area contributed by atoms with E-state index >= 15 is 0 Å². The number of furan rings is 1. The maximum absolute atomic E-state index is 12.6. The number of carbonyl (C=O) groups excluding carboxylic acids is 1. The average molecular weight is 366 g/mol. The van der Waals surface area contributed by atoms with E-state index < -0.39 is 0 Å². The molecular weight excluding hydrogens is 356 g/mol. The molecule has 0 amide bonds. The Hall–Kier alpha value is -1.78. The Bertz CT molecular complexity index is 839. The van der Waals surface area contributed by atoms with Gasteiger partial charge in [-0.15, -0.1) is 0 Å². The zero-order valence-electron chi connectivity index (χ0n) is 11.0. The minimum atomic E-state index is -0.266. The zero-order valence-corrected chi connectivity index (χ0v) is 13.4. The van der Waals surface area contributed by atoms with Crippen LogP contribution in [-0.4, -0.2) is 12.9 Å². The van der Waals surface area contributed by atoms with Gasteiger partial charge in [-0.1, -0.05) is 23.7 Å². The van der Waals surface area contributed by atoms with E-state index in [1.165, 1.54) is 7.11 Å². The first-order chi connectivity index (χ1) is 10.1. The summed E-state index contributed by atoms with van der Waals surface area (Å²) in [5.41, 5.74) is 1.02. The van der Waals surface area contributed by atoms with Crippen LogP contribution in [0.5, 0.6) is 5.75 Å². The van der Waals surface area contributed by atoms with E-state index in [1.54, 1.807) is 24.3 Å². The predicted molar refractivity (Wildman–Crippen MR) is 85.4 cm³/mol. The summed E-state index contributed by atoms with van der Waals surface area (Å²) in [6.45, 7) is 0. The zero-order chi connectivity index (χ0) is 15.0. The van der Waals surface area contributed by atoms with Crippen molar-refractivity contribution in [2.24, 2.45) is 0 Å². The Morgan fingerprint density at radius 2 is 2.05 bits per heavy atom. The molecule has 0 saturated heterocycles. The summed E-state index contributed by atoms with van der Waals surface area (Å²) in [6, 6.07) is 12.3. The van der Waals surface area contributed by atoms with E-state index in [2.05, 4.69) is 15.9 Å². The summed E-state index contributed by atoms with van der Waals surface area (Å²) in [7, 11) is 1.51. The quantitative estimate of drug-likeness (QED) is 0.607. The molecule has 3 rings (SSSR count). The molecule has 0 bridgehead atoms. The SMILES string of the molecule is COc1ccc(Cl)cc1C(=O)c1cc2cccc(Br)c2o1. The molecule has 0 spiro atoms. The molecule has 2 aromatic carbocycles. The molecule has 0 aliphatic carbocycles. The van der Waals surface area contributed by atoms with Gasteiger partial charge in [0.15, 0.2) is 5.76 Å². The first kappa shape index (κ1) is 14.2. The van der Waals surface area contributed by atoms with Crippen molar-refractivity contribution in [3.05, 3.63) is 63.3 Å². The van der Waals surface area contributed by atoms with Crippen LogP contribution in [0, 0.1) is 0 Å². The number of ketones is 1. The first-order valence-electron chi connectivity index (χ1n) is 6.16. The minimum Gasteiger partial charge on any atom is -0.496 e. The van der Waals surface area contributed by atoms with Crippen molar-refractivity contribution in [1.82, 2.24) is 0 Å². The highest BCUT2D eigenvalue weighted by Gasteiger charge is 2.19. The van der Waals surface area contributed by atoms with Crippen LogP contribution in [0.3, 0.4) is 0 Å². The molecule has 0 atom stereocenters. The normalized spacial score (nSPS) is 10.8.